The van der Waals surface area contributed by atoms with E-state index in [1.165, 1.54) is 0 Å². The molecule has 18 heteroatoms. The zero-order valence-corrected chi connectivity index (χ0v) is 42.7. The molecule has 4 aliphatic rings. The first-order valence-corrected chi connectivity index (χ1v) is 27.1. The van der Waals surface area contributed by atoms with Gasteiger partial charge in [0.25, 0.3) is 11.8 Å². The lowest BCUT2D eigenvalue weighted by Gasteiger charge is -2.23. The van der Waals surface area contributed by atoms with Crippen molar-refractivity contribution in [3.05, 3.63) is 130 Å². The lowest BCUT2D eigenvalue weighted by molar-refractivity contribution is -1.16. The molecule has 4 N–H and O–H groups in total. The summed E-state index contributed by atoms with van der Waals surface area (Å²) < 4.78 is 24.5. The molecule has 0 saturated carbocycles. The van der Waals surface area contributed by atoms with Gasteiger partial charge in [-0.2, -0.15) is 16.6 Å². The summed E-state index contributed by atoms with van der Waals surface area (Å²) in [4.78, 5) is 65.7. The van der Waals surface area contributed by atoms with Crippen LogP contribution in [0.1, 0.15) is 81.6 Å². The van der Waals surface area contributed by atoms with Crippen LogP contribution < -0.4 is 45.0 Å². The maximum atomic E-state index is 14.1. The van der Waals surface area contributed by atoms with E-state index in [2.05, 4.69) is 37.4 Å². The predicted molar refractivity (Wildman–Crippen MR) is 279 cm³/mol. The highest BCUT2D eigenvalue weighted by Crippen LogP contribution is 2.42. The van der Waals surface area contributed by atoms with Gasteiger partial charge in [0, 0.05) is 64.3 Å². The number of ether oxygens (including phenoxy) is 4. The zero-order valence-electron chi connectivity index (χ0n) is 40.2. The van der Waals surface area contributed by atoms with E-state index in [-0.39, 0.29) is 72.1 Å². The number of fused-ring (bicyclic) bond motifs is 5. The molecular weight excluding hydrogens is 963 g/mol. The standard InChI is InChI=1S/C53H57N5O10S3/c1-53(2,71-70-19-9-14-50(60)68-58-49(59)16-18-67-58)32-69-31-35-21-33(29-65-47-26-41(54)39(24-45(47)63-3)51(61)56-17-15-36-10-5-7-12-43(36)56)20-34(22-35)30-66-48-27-42-40(25-46(48)64-4)52(62)57-38(28-55-42)23-37-11-6-8-13-44(37)57/h5-8,10-13,20-22,24-27,38,55H,9,14-19,23,28-32,54H2,1-4H3/p+1. The number of benzene rings is 5. The first-order chi connectivity index (χ1) is 34.4. The van der Waals surface area contributed by atoms with Gasteiger partial charge >= 0.3 is 11.9 Å². The van der Waals surface area contributed by atoms with Crippen molar-refractivity contribution in [2.75, 3.05) is 66.3 Å². The molecule has 1 saturated heterocycles. The summed E-state index contributed by atoms with van der Waals surface area (Å²) in [6.45, 7) is 6.21. The van der Waals surface area contributed by atoms with Crippen molar-refractivity contribution in [3.63, 3.8) is 0 Å². The average Bonchev–Trinajstić information content (AvgIpc) is 4.07. The number of methoxy groups -OCH3 is 2. The Kier molecular flexibility index (Phi) is 15.6. The minimum Gasteiger partial charge on any atom is -0.493 e. The van der Waals surface area contributed by atoms with E-state index in [1.54, 1.807) is 58.9 Å². The molecule has 2 unspecified atom stereocenters. The van der Waals surface area contributed by atoms with Gasteiger partial charge in [0.2, 0.25) is 0 Å². The van der Waals surface area contributed by atoms with Crippen LogP contribution in [0.25, 0.3) is 0 Å². The van der Waals surface area contributed by atoms with Crippen LogP contribution in [-0.4, -0.2) is 79.9 Å². The molecule has 5 aromatic carbocycles. The van der Waals surface area contributed by atoms with Gasteiger partial charge in [-0.25, -0.2) is 14.4 Å². The number of hydroxylamine groups is 2. The normalized spacial score (nSPS) is 16.9. The van der Waals surface area contributed by atoms with Crippen LogP contribution in [0.3, 0.4) is 0 Å². The van der Waals surface area contributed by atoms with Crippen LogP contribution >= 0.6 is 33.3 Å². The monoisotopic (exact) mass is 1020 g/mol. The van der Waals surface area contributed by atoms with E-state index in [9.17, 15) is 19.2 Å². The first-order valence-electron chi connectivity index (χ1n) is 23.6. The third kappa shape index (κ3) is 11.5. The molecule has 71 heavy (non-hydrogen) atoms. The van der Waals surface area contributed by atoms with Crippen LogP contribution in [0.5, 0.6) is 23.0 Å². The number of para-hydroxylation sites is 2. The van der Waals surface area contributed by atoms with Gasteiger partial charge in [-0.1, -0.05) is 70.1 Å². The van der Waals surface area contributed by atoms with Crippen molar-refractivity contribution in [2.45, 2.75) is 75.7 Å². The Morgan fingerprint density at radius 2 is 1.54 bits per heavy atom. The van der Waals surface area contributed by atoms with Crippen LogP contribution in [0.4, 0.5) is 22.7 Å². The van der Waals surface area contributed by atoms with Crippen LogP contribution in [0.2, 0.25) is 0 Å². The number of carbonyl (C=O) groups is 4. The maximum absolute atomic E-state index is 14.1. The number of quaternary nitrogens is 1. The molecule has 0 aliphatic carbocycles. The second-order valence-corrected chi connectivity index (χ2v) is 22.4. The number of carbonyl (C=O) groups excluding carboxylic acids is 4. The number of amides is 3. The number of hydrogen-bond donors (Lipinski definition) is 3. The van der Waals surface area contributed by atoms with Crippen LogP contribution in [-0.2, 0) is 51.1 Å². The SMILES string of the molecule is COc1cc(C(=O)N2CCc3ccccc32)c(N)cc1OCc1cc(COc2cc3c(cc2OC)C(=O)N2c4ccccc4CC2CN3)cc(CSCC(C)(C)SSCCCC(=O)O[NH+]2OCCC2=O)c1. The first kappa shape index (κ1) is 49.9. The van der Waals surface area contributed by atoms with Crippen LogP contribution in [0.15, 0.2) is 91.0 Å². The molecule has 372 valence electrons. The molecule has 2 atom stereocenters. The van der Waals surface area contributed by atoms with Gasteiger partial charge in [-0.3, -0.25) is 9.59 Å². The van der Waals surface area contributed by atoms with Gasteiger partial charge in [-0.15, -0.1) is 0 Å². The third-order valence-electron chi connectivity index (χ3n) is 12.6. The van der Waals surface area contributed by atoms with Crippen molar-refractivity contribution >= 4 is 79.8 Å². The Morgan fingerprint density at radius 3 is 2.27 bits per heavy atom. The maximum Gasteiger partial charge on any atom is 0.389 e. The number of nitrogens with zero attached hydrogens (tertiary/aromatic N) is 2. The summed E-state index contributed by atoms with van der Waals surface area (Å²) in [5.74, 6) is 3.06. The van der Waals surface area contributed by atoms with Crippen molar-refractivity contribution < 1.29 is 53.0 Å². The Bertz CT molecular complexity index is 2830. The number of anilines is 4. The molecule has 0 radical (unpaired) electrons. The topological polar surface area (TPSA) is 173 Å². The molecular formula is C53H58N5O10S3+. The van der Waals surface area contributed by atoms with Crippen molar-refractivity contribution in [1.29, 1.82) is 0 Å². The molecule has 1 fully saturated rings. The third-order valence-corrected chi connectivity index (χ3v) is 17.6. The Morgan fingerprint density at radius 1 is 0.845 bits per heavy atom. The average molecular weight is 1020 g/mol. The summed E-state index contributed by atoms with van der Waals surface area (Å²) in [6, 6.07) is 29.2. The molecule has 5 aromatic rings. The molecule has 0 spiro atoms. The minimum atomic E-state index is -0.455. The lowest BCUT2D eigenvalue weighted by Crippen LogP contribution is -3.11. The molecule has 9 rings (SSSR count). The van der Waals surface area contributed by atoms with Crippen LogP contribution in [0, 0.1) is 0 Å². The minimum absolute atomic E-state index is 0.00886. The summed E-state index contributed by atoms with van der Waals surface area (Å²) >= 11 is 1.82. The van der Waals surface area contributed by atoms with Gasteiger partial charge in [-0.05, 0) is 91.3 Å². The van der Waals surface area contributed by atoms with Crippen molar-refractivity contribution in [3.8, 4) is 23.0 Å². The number of hydrogen-bond acceptors (Lipinski definition) is 15. The molecule has 0 aromatic heterocycles. The second kappa shape index (κ2) is 22.2. The zero-order chi connectivity index (χ0) is 49.6. The van der Waals surface area contributed by atoms with Gasteiger partial charge in [0.05, 0.1) is 48.7 Å². The number of nitrogens with two attached hydrogens (primary N) is 1. The van der Waals surface area contributed by atoms with E-state index in [0.717, 1.165) is 63.5 Å². The largest absolute Gasteiger partial charge is 0.493 e. The highest BCUT2D eigenvalue weighted by Gasteiger charge is 2.38. The molecule has 15 nitrogen and oxygen atoms in total. The van der Waals surface area contributed by atoms with Gasteiger partial charge in [0.1, 0.15) is 26.2 Å². The van der Waals surface area contributed by atoms with Gasteiger partial charge < -0.3 is 39.8 Å². The lowest BCUT2D eigenvalue weighted by atomic mass is 10.1. The fourth-order valence-corrected chi connectivity index (χ4v) is 13.2. The highest BCUT2D eigenvalue weighted by molar-refractivity contribution is 8.77. The summed E-state index contributed by atoms with van der Waals surface area (Å²) in [5.41, 5.74) is 15.4. The van der Waals surface area contributed by atoms with Gasteiger partial charge in [0.15, 0.2) is 23.0 Å². The quantitative estimate of drug-likeness (QED) is 0.0389. The molecule has 4 heterocycles. The summed E-state index contributed by atoms with van der Waals surface area (Å²) in [6.07, 6.45) is 2.62. The smallest absolute Gasteiger partial charge is 0.389 e. The number of thioether (sulfide) groups is 1. The van der Waals surface area contributed by atoms with Crippen molar-refractivity contribution in [2.24, 2.45) is 0 Å². The molecule has 4 aliphatic heterocycles. The van der Waals surface area contributed by atoms with E-state index in [4.69, 9.17) is 34.4 Å². The van der Waals surface area contributed by atoms with E-state index < -0.39 is 5.97 Å². The predicted octanol–water partition coefficient (Wildman–Crippen LogP) is 8.02. The number of nitrogen functional groups attached to an aromatic ring is 1. The fourth-order valence-electron chi connectivity index (χ4n) is 9.13. The Labute approximate surface area is 425 Å². The number of rotatable bonds is 20. The summed E-state index contributed by atoms with van der Waals surface area (Å²) in [5, 5.41) is 3.34. The summed E-state index contributed by atoms with van der Waals surface area (Å²) in [7, 11) is 6.61. The molecule has 0 bridgehead atoms. The molecule has 3 amide bonds. The van der Waals surface area contributed by atoms with E-state index in [1.807, 2.05) is 71.3 Å². The Balaban J connectivity index is 0.883. The number of nitrogens with one attached hydrogen (secondary N) is 2. The van der Waals surface area contributed by atoms with E-state index in [0.29, 0.717) is 65.1 Å². The van der Waals surface area contributed by atoms with E-state index >= 15 is 0 Å². The highest BCUT2D eigenvalue weighted by atomic mass is 33.1. The fraction of sp³-hybridized carbons (Fsp3) is 0.358. The van der Waals surface area contributed by atoms with Crippen molar-refractivity contribution in [1.82, 2.24) is 0 Å². The second-order valence-electron chi connectivity index (χ2n) is 18.3. The Hall–Kier alpha value is -6.05.